The molecule has 0 saturated heterocycles. The highest BCUT2D eigenvalue weighted by Gasteiger charge is 2.33. The lowest BCUT2D eigenvalue weighted by atomic mass is 10.2. The largest absolute Gasteiger partial charge is 0.493 e. The van der Waals surface area contributed by atoms with E-state index in [2.05, 4.69) is 4.98 Å². The van der Waals surface area contributed by atoms with Gasteiger partial charge in [0.25, 0.3) is 0 Å². The first-order chi connectivity index (χ1) is 11.3. The van der Waals surface area contributed by atoms with Crippen LogP contribution in [0.15, 0.2) is 30.5 Å². The summed E-state index contributed by atoms with van der Waals surface area (Å²) in [5, 5.41) is 17.9. The normalized spacial score (nSPS) is 10.8. The van der Waals surface area contributed by atoms with Crippen molar-refractivity contribution in [3.8, 4) is 23.4 Å². The summed E-state index contributed by atoms with van der Waals surface area (Å²) in [6.45, 7) is 0. The molecule has 1 aromatic heterocycles. The number of pyridine rings is 1. The Kier molecular flexibility index (Phi) is 4.59. The van der Waals surface area contributed by atoms with Gasteiger partial charge in [-0.15, -0.1) is 0 Å². The molecule has 0 aliphatic heterocycles. The molecule has 0 amide bonds. The fraction of sp³-hybridized carbons (Fsp3) is 0.133. The zero-order valence-electron chi connectivity index (χ0n) is 12.1. The Bertz CT molecular complexity index is 828. The molecule has 2 aromatic rings. The van der Waals surface area contributed by atoms with Crippen LogP contribution in [0.3, 0.4) is 0 Å². The Labute approximate surface area is 133 Å². The quantitative estimate of drug-likeness (QED) is 0.917. The molecule has 1 N–H and O–H groups in total. The van der Waals surface area contributed by atoms with Gasteiger partial charge >= 0.3 is 12.1 Å². The summed E-state index contributed by atoms with van der Waals surface area (Å²) in [4.78, 5) is 14.6. The molecule has 0 aliphatic carbocycles. The Morgan fingerprint density at radius 3 is 2.54 bits per heavy atom. The van der Waals surface area contributed by atoms with Crippen molar-refractivity contribution < 1.29 is 32.5 Å². The van der Waals surface area contributed by atoms with E-state index in [0.29, 0.717) is 12.3 Å². The van der Waals surface area contributed by atoms with E-state index in [1.165, 1.54) is 25.3 Å². The molecule has 124 valence electrons. The first-order valence-electron chi connectivity index (χ1n) is 6.32. The molecule has 0 saturated carbocycles. The van der Waals surface area contributed by atoms with Crippen molar-refractivity contribution in [2.75, 3.05) is 7.11 Å². The van der Waals surface area contributed by atoms with Gasteiger partial charge in [0.1, 0.15) is 5.56 Å². The summed E-state index contributed by atoms with van der Waals surface area (Å²) < 4.78 is 48.3. The number of alkyl halides is 3. The van der Waals surface area contributed by atoms with Gasteiger partial charge in [-0.05, 0) is 18.2 Å². The Morgan fingerprint density at radius 1 is 1.29 bits per heavy atom. The number of nitrogens with zero attached hydrogens (tertiary/aromatic N) is 2. The van der Waals surface area contributed by atoms with Crippen LogP contribution in [0.25, 0.3) is 0 Å². The smallest absolute Gasteiger partial charge is 0.417 e. The number of carboxylic acids is 1. The number of rotatable bonds is 4. The van der Waals surface area contributed by atoms with Crippen molar-refractivity contribution in [2.45, 2.75) is 6.18 Å². The number of methoxy groups -OCH3 is 1. The summed E-state index contributed by atoms with van der Waals surface area (Å²) in [6.07, 6.45) is -4.26. The molecule has 1 heterocycles. The zero-order chi connectivity index (χ0) is 17.9. The third-order valence-corrected chi connectivity index (χ3v) is 2.91. The minimum atomic E-state index is -4.73. The number of ether oxygens (including phenoxy) is 2. The van der Waals surface area contributed by atoms with Gasteiger partial charge < -0.3 is 14.6 Å². The molecule has 0 unspecified atom stereocenters. The van der Waals surface area contributed by atoms with Gasteiger partial charge in [-0.3, -0.25) is 0 Å². The summed E-state index contributed by atoms with van der Waals surface area (Å²) in [6, 6.07) is 6.34. The molecular weight excluding hydrogens is 329 g/mol. The number of benzene rings is 1. The number of hydrogen-bond donors (Lipinski definition) is 1. The van der Waals surface area contributed by atoms with Gasteiger partial charge in [0.15, 0.2) is 11.5 Å². The summed E-state index contributed by atoms with van der Waals surface area (Å²) >= 11 is 0. The number of hydrogen-bond acceptors (Lipinski definition) is 5. The van der Waals surface area contributed by atoms with Crippen LogP contribution in [0.4, 0.5) is 13.2 Å². The Morgan fingerprint density at radius 2 is 2.00 bits per heavy atom. The maximum atomic E-state index is 12.7. The molecule has 0 aliphatic rings. The van der Waals surface area contributed by atoms with E-state index in [4.69, 9.17) is 19.8 Å². The predicted molar refractivity (Wildman–Crippen MR) is 74.0 cm³/mol. The highest BCUT2D eigenvalue weighted by Crippen LogP contribution is 2.35. The van der Waals surface area contributed by atoms with Crippen molar-refractivity contribution in [2.24, 2.45) is 0 Å². The highest BCUT2D eigenvalue weighted by atomic mass is 19.4. The molecule has 24 heavy (non-hydrogen) atoms. The van der Waals surface area contributed by atoms with E-state index in [0.717, 1.165) is 0 Å². The highest BCUT2D eigenvalue weighted by molar-refractivity contribution is 5.90. The minimum absolute atomic E-state index is 0.00580. The monoisotopic (exact) mass is 338 g/mol. The van der Waals surface area contributed by atoms with Gasteiger partial charge in [0.05, 0.1) is 24.3 Å². The maximum Gasteiger partial charge on any atom is 0.417 e. The SMILES string of the molecule is COc1cc(C#N)ccc1Oc1ncc(C(F)(F)F)cc1C(=O)O. The first kappa shape index (κ1) is 17.1. The van der Waals surface area contributed by atoms with Crippen molar-refractivity contribution in [1.29, 1.82) is 5.26 Å². The summed E-state index contributed by atoms with van der Waals surface area (Å²) in [5.74, 6) is -2.05. The number of aromatic nitrogens is 1. The fourth-order valence-electron chi connectivity index (χ4n) is 1.77. The first-order valence-corrected chi connectivity index (χ1v) is 6.32. The molecule has 0 fully saturated rings. The standard InChI is InChI=1S/C15H9F3N2O4/c1-23-12-4-8(6-19)2-3-11(12)24-13-10(14(21)22)5-9(7-20-13)15(16,17)18/h2-5,7H,1H3,(H,21,22). The van der Waals surface area contributed by atoms with Crippen LogP contribution in [-0.4, -0.2) is 23.2 Å². The van der Waals surface area contributed by atoms with Crippen LogP contribution in [0.2, 0.25) is 0 Å². The van der Waals surface area contributed by atoms with E-state index in [1.54, 1.807) is 0 Å². The number of carbonyl (C=O) groups is 1. The average Bonchev–Trinajstić information content (AvgIpc) is 2.54. The van der Waals surface area contributed by atoms with Crippen LogP contribution >= 0.6 is 0 Å². The molecule has 0 atom stereocenters. The molecule has 6 nitrogen and oxygen atoms in total. The molecular formula is C15H9F3N2O4. The van der Waals surface area contributed by atoms with Crippen LogP contribution in [0.5, 0.6) is 17.4 Å². The average molecular weight is 338 g/mol. The number of halogens is 3. The van der Waals surface area contributed by atoms with Gasteiger partial charge in [0, 0.05) is 12.3 Å². The number of carboxylic acid groups (broad SMARTS) is 1. The lowest BCUT2D eigenvalue weighted by molar-refractivity contribution is -0.137. The zero-order valence-corrected chi connectivity index (χ0v) is 12.1. The third kappa shape index (κ3) is 3.55. The Balaban J connectivity index is 2.47. The van der Waals surface area contributed by atoms with Crippen molar-refractivity contribution in [3.63, 3.8) is 0 Å². The second kappa shape index (κ2) is 6.45. The van der Waals surface area contributed by atoms with Gasteiger partial charge in [-0.25, -0.2) is 9.78 Å². The van der Waals surface area contributed by atoms with Crippen LogP contribution < -0.4 is 9.47 Å². The number of aromatic carboxylic acids is 1. The molecule has 9 heteroatoms. The van der Waals surface area contributed by atoms with Crippen molar-refractivity contribution in [1.82, 2.24) is 4.98 Å². The van der Waals surface area contributed by atoms with Gasteiger partial charge in [0.2, 0.25) is 5.88 Å². The second-order valence-electron chi connectivity index (χ2n) is 4.46. The lowest BCUT2D eigenvalue weighted by Gasteiger charge is -2.13. The van der Waals surface area contributed by atoms with E-state index in [9.17, 15) is 18.0 Å². The molecule has 0 radical (unpaired) electrons. The second-order valence-corrected chi connectivity index (χ2v) is 4.46. The topological polar surface area (TPSA) is 92.4 Å². The van der Waals surface area contributed by atoms with E-state index in [1.807, 2.05) is 6.07 Å². The molecule has 0 bridgehead atoms. The summed E-state index contributed by atoms with van der Waals surface area (Å²) in [5.41, 5.74) is -1.70. The van der Waals surface area contributed by atoms with Gasteiger partial charge in [-0.2, -0.15) is 18.4 Å². The van der Waals surface area contributed by atoms with Crippen LogP contribution in [-0.2, 0) is 6.18 Å². The van der Waals surface area contributed by atoms with E-state index in [-0.39, 0.29) is 17.1 Å². The lowest BCUT2D eigenvalue weighted by Crippen LogP contribution is -2.10. The molecule has 1 aromatic carbocycles. The van der Waals surface area contributed by atoms with Crippen LogP contribution in [0, 0.1) is 11.3 Å². The third-order valence-electron chi connectivity index (χ3n) is 2.91. The molecule has 2 rings (SSSR count). The van der Waals surface area contributed by atoms with Crippen molar-refractivity contribution in [3.05, 3.63) is 47.2 Å². The Hall–Kier alpha value is -3.28. The molecule has 0 spiro atoms. The predicted octanol–water partition coefficient (Wildman–Crippen LogP) is 3.47. The summed E-state index contributed by atoms with van der Waals surface area (Å²) in [7, 11) is 1.29. The fourth-order valence-corrected chi connectivity index (χ4v) is 1.77. The van der Waals surface area contributed by atoms with Crippen LogP contribution in [0.1, 0.15) is 21.5 Å². The van der Waals surface area contributed by atoms with Gasteiger partial charge in [-0.1, -0.05) is 0 Å². The number of nitriles is 1. The minimum Gasteiger partial charge on any atom is -0.493 e. The maximum absolute atomic E-state index is 12.7. The van der Waals surface area contributed by atoms with Crippen molar-refractivity contribution >= 4 is 5.97 Å². The van der Waals surface area contributed by atoms with E-state index >= 15 is 0 Å². The van der Waals surface area contributed by atoms with E-state index < -0.39 is 29.2 Å².